The molecule has 1 aliphatic carbocycles. The van der Waals surface area contributed by atoms with Crippen molar-refractivity contribution in [2.24, 2.45) is 5.92 Å². The first-order valence-electron chi connectivity index (χ1n) is 6.89. The fourth-order valence-electron chi connectivity index (χ4n) is 2.80. The van der Waals surface area contributed by atoms with Gasteiger partial charge in [-0.25, -0.2) is 0 Å². The molecule has 1 fully saturated rings. The molecule has 0 aliphatic heterocycles. The Balaban J connectivity index is 2.03. The summed E-state index contributed by atoms with van der Waals surface area (Å²) in [6, 6.07) is 8.08. The number of hydrogen-bond donors (Lipinski definition) is 1. The summed E-state index contributed by atoms with van der Waals surface area (Å²) in [5, 5.41) is 4.33. The van der Waals surface area contributed by atoms with Crippen LogP contribution in [0.3, 0.4) is 0 Å². The number of rotatable bonds is 4. The van der Waals surface area contributed by atoms with Gasteiger partial charge in [0.15, 0.2) is 0 Å². The summed E-state index contributed by atoms with van der Waals surface area (Å²) in [5.41, 5.74) is 1.11. The van der Waals surface area contributed by atoms with Crippen LogP contribution in [-0.2, 0) is 16.6 Å². The van der Waals surface area contributed by atoms with Crippen LogP contribution in [0.5, 0.6) is 0 Å². The van der Waals surface area contributed by atoms with Crippen molar-refractivity contribution in [3.63, 3.8) is 0 Å². The molecule has 0 amide bonds. The third-order valence-electron chi connectivity index (χ3n) is 3.98. The van der Waals surface area contributed by atoms with Gasteiger partial charge in [0.1, 0.15) is 0 Å². The molecule has 0 aromatic heterocycles. The fourth-order valence-corrected chi connectivity index (χ4v) is 4.84. The minimum Gasteiger partial charge on any atom is -0.316 e. The van der Waals surface area contributed by atoms with E-state index in [0.29, 0.717) is 17.7 Å². The average Bonchev–Trinajstić information content (AvgIpc) is 2.41. The second kappa shape index (κ2) is 6.87. The van der Waals surface area contributed by atoms with E-state index in [1.54, 1.807) is 0 Å². The Morgan fingerprint density at radius 3 is 2.63 bits per heavy atom. The van der Waals surface area contributed by atoms with E-state index in [4.69, 9.17) is 11.6 Å². The molecule has 1 aromatic carbocycles. The smallest absolute Gasteiger partial charge is 0.0507 e. The molecule has 106 valence electrons. The molecule has 1 N–H and O–H groups in total. The standard InChI is InChI=1S/C15H22ClNOS/c1-11-3-8-14(17-2)15(9-11)19(18)10-12-4-6-13(16)7-5-12/h4-7,11,14-15,17H,3,8-10H2,1-2H3. The highest BCUT2D eigenvalue weighted by Gasteiger charge is 2.31. The van der Waals surface area contributed by atoms with Crippen molar-refractivity contribution in [1.82, 2.24) is 5.32 Å². The van der Waals surface area contributed by atoms with Crippen LogP contribution in [0.15, 0.2) is 24.3 Å². The van der Waals surface area contributed by atoms with Gasteiger partial charge in [0, 0.05) is 27.6 Å². The molecule has 2 rings (SSSR count). The molecule has 0 spiro atoms. The molecule has 1 saturated carbocycles. The molecule has 1 aromatic rings. The lowest BCUT2D eigenvalue weighted by Gasteiger charge is -2.34. The highest BCUT2D eigenvalue weighted by molar-refractivity contribution is 7.84. The Morgan fingerprint density at radius 2 is 2.00 bits per heavy atom. The van der Waals surface area contributed by atoms with E-state index in [9.17, 15) is 4.21 Å². The minimum absolute atomic E-state index is 0.268. The number of halogens is 1. The largest absolute Gasteiger partial charge is 0.316 e. The second-order valence-corrected chi connectivity index (χ2v) is 7.60. The van der Waals surface area contributed by atoms with Gasteiger partial charge in [0.2, 0.25) is 0 Å². The summed E-state index contributed by atoms with van der Waals surface area (Å²) in [5.74, 6) is 1.32. The quantitative estimate of drug-likeness (QED) is 0.923. The highest BCUT2D eigenvalue weighted by Crippen LogP contribution is 2.28. The first kappa shape index (κ1) is 15.0. The zero-order chi connectivity index (χ0) is 13.8. The van der Waals surface area contributed by atoms with Crippen molar-refractivity contribution in [2.75, 3.05) is 7.05 Å². The van der Waals surface area contributed by atoms with Crippen LogP contribution in [0.1, 0.15) is 31.7 Å². The molecule has 19 heavy (non-hydrogen) atoms. The lowest BCUT2D eigenvalue weighted by atomic mass is 9.87. The van der Waals surface area contributed by atoms with E-state index < -0.39 is 10.8 Å². The van der Waals surface area contributed by atoms with E-state index in [1.165, 1.54) is 6.42 Å². The Labute approximate surface area is 123 Å². The van der Waals surface area contributed by atoms with Gasteiger partial charge in [-0.1, -0.05) is 30.7 Å². The van der Waals surface area contributed by atoms with Crippen LogP contribution < -0.4 is 5.32 Å². The number of benzene rings is 1. The van der Waals surface area contributed by atoms with Gasteiger partial charge >= 0.3 is 0 Å². The number of nitrogens with one attached hydrogen (secondary N) is 1. The fraction of sp³-hybridized carbons (Fsp3) is 0.600. The van der Waals surface area contributed by atoms with Gasteiger partial charge in [0.05, 0.1) is 5.25 Å². The third-order valence-corrected chi connectivity index (χ3v) is 6.05. The zero-order valence-corrected chi connectivity index (χ0v) is 13.1. The molecule has 4 atom stereocenters. The predicted molar refractivity (Wildman–Crippen MR) is 82.9 cm³/mol. The van der Waals surface area contributed by atoms with E-state index in [-0.39, 0.29) is 5.25 Å². The molecule has 1 aliphatic rings. The van der Waals surface area contributed by atoms with E-state index in [0.717, 1.165) is 23.4 Å². The van der Waals surface area contributed by atoms with Crippen molar-refractivity contribution < 1.29 is 4.21 Å². The van der Waals surface area contributed by atoms with Crippen LogP contribution in [0.4, 0.5) is 0 Å². The molecule has 0 bridgehead atoms. The Morgan fingerprint density at radius 1 is 1.32 bits per heavy atom. The average molecular weight is 300 g/mol. The van der Waals surface area contributed by atoms with Crippen molar-refractivity contribution in [3.8, 4) is 0 Å². The van der Waals surface area contributed by atoms with Crippen molar-refractivity contribution in [1.29, 1.82) is 0 Å². The van der Waals surface area contributed by atoms with E-state index in [1.807, 2.05) is 31.3 Å². The lowest BCUT2D eigenvalue weighted by Crippen LogP contribution is -2.44. The Kier molecular flexibility index (Phi) is 5.43. The maximum Gasteiger partial charge on any atom is 0.0507 e. The van der Waals surface area contributed by atoms with Gasteiger partial charge in [-0.05, 0) is 49.9 Å². The van der Waals surface area contributed by atoms with Crippen LogP contribution in [0, 0.1) is 5.92 Å². The SMILES string of the molecule is CNC1CCC(C)CC1S(=O)Cc1ccc(Cl)cc1. The van der Waals surface area contributed by atoms with Crippen LogP contribution >= 0.6 is 11.6 Å². The maximum atomic E-state index is 12.6. The van der Waals surface area contributed by atoms with Crippen molar-refractivity contribution in [2.45, 2.75) is 43.2 Å². The summed E-state index contributed by atoms with van der Waals surface area (Å²) in [7, 11) is 1.16. The van der Waals surface area contributed by atoms with Gasteiger partial charge in [-0.2, -0.15) is 0 Å². The molecule has 2 nitrogen and oxygen atoms in total. The van der Waals surface area contributed by atoms with E-state index in [2.05, 4.69) is 12.2 Å². The van der Waals surface area contributed by atoms with Crippen molar-refractivity contribution >= 4 is 22.4 Å². The maximum absolute atomic E-state index is 12.6. The molecule has 4 heteroatoms. The molecule has 0 radical (unpaired) electrons. The number of hydrogen-bond acceptors (Lipinski definition) is 2. The van der Waals surface area contributed by atoms with Gasteiger partial charge in [-0.15, -0.1) is 0 Å². The lowest BCUT2D eigenvalue weighted by molar-refractivity contribution is 0.324. The van der Waals surface area contributed by atoms with Gasteiger partial charge in [-0.3, -0.25) is 4.21 Å². The second-order valence-electron chi connectivity index (χ2n) is 5.50. The molecule has 0 heterocycles. The third kappa shape index (κ3) is 4.04. The van der Waals surface area contributed by atoms with Crippen LogP contribution in [-0.4, -0.2) is 22.5 Å². The Hall–Kier alpha value is -0.380. The molecular weight excluding hydrogens is 278 g/mol. The van der Waals surface area contributed by atoms with Crippen LogP contribution in [0.2, 0.25) is 5.02 Å². The monoisotopic (exact) mass is 299 g/mol. The van der Waals surface area contributed by atoms with Crippen LogP contribution in [0.25, 0.3) is 0 Å². The first-order chi connectivity index (χ1) is 9.10. The zero-order valence-electron chi connectivity index (χ0n) is 11.6. The predicted octanol–water partition coefficient (Wildman–Crippen LogP) is 3.37. The summed E-state index contributed by atoms with van der Waals surface area (Å²) in [6.07, 6.45) is 3.43. The Bertz CT molecular complexity index is 434. The molecular formula is C15H22ClNOS. The first-order valence-corrected chi connectivity index (χ1v) is 8.65. The highest BCUT2D eigenvalue weighted by atomic mass is 35.5. The summed E-state index contributed by atoms with van der Waals surface area (Å²) >= 11 is 5.88. The van der Waals surface area contributed by atoms with Crippen molar-refractivity contribution in [3.05, 3.63) is 34.9 Å². The summed E-state index contributed by atoms with van der Waals surface area (Å²) < 4.78 is 12.6. The van der Waals surface area contributed by atoms with Gasteiger partial charge < -0.3 is 5.32 Å². The summed E-state index contributed by atoms with van der Waals surface area (Å²) in [4.78, 5) is 0. The molecule has 4 unspecified atom stereocenters. The van der Waals surface area contributed by atoms with E-state index >= 15 is 0 Å². The normalized spacial score (nSPS) is 29.1. The summed E-state index contributed by atoms with van der Waals surface area (Å²) in [6.45, 7) is 2.26. The van der Waals surface area contributed by atoms with Gasteiger partial charge in [0.25, 0.3) is 0 Å². The molecule has 0 saturated heterocycles. The minimum atomic E-state index is -0.820. The topological polar surface area (TPSA) is 29.1 Å².